The number of benzene rings is 1. The fourth-order valence-corrected chi connectivity index (χ4v) is 1.31. The van der Waals surface area contributed by atoms with Crippen molar-refractivity contribution in [2.24, 2.45) is 0 Å². The van der Waals surface area contributed by atoms with Gasteiger partial charge in [0.05, 0.1) is 5.56 Å². The van der Waals surface area contributed by atoms with Crippen LogP contribution in [0.2, 0.25) is 0 Å². The summed E-state index contributed by atoms with van der Waals surface area (Å²) < 4.78 is 69.3. The van der Waals surface area contributed by atoms with E-state index in [1.807, 2.05) is 0 Å². The van der Waals surface area contributed by atoms with E-state index < -0.39 is 40.8 Å². The van der Waals surface area contributed by atoms with Crippen LogP contribution in [0.15, 0.2) is 24.5 Å². The van der Waals surface area contributed by atoms with Gasteiger partial charge in [0.25, 0.3) is 0 Å². The van der Waals surface area contributed by atoms with E-state index in [0.717, 1.165) is 12.1 Å². The van der Waals surface area contributed by atoms with Gasteiger partial charge >= 0.3 is 5.97 Å². The highest BCUT2D eigenvalue weighted by Crippen LogP contribution is 2.29. The summed E-state index contributed by atoms with van der Waals surface area (Å²) in [5.74, 6) is -14.1. The molecule has 0 fully saturated rings. The molecule has 0 bridgehead atoms. The molecule has 0 saturated carbocycles. The van der Waals surface area contributed by atoms with Crippen LogP contribution in [-0.2, 0) is 0 Å². The number of hydrogen-bond acceptors (Lipinski definition) is 3. The normalized spacial score (nSPS) is 10.4. The Bertz CT molecular complexity index is 646. The van der Waals surface area contributed by atoms with Crippen LogP contribution in [0.5, 0.6) is 5.75 Å². The average molecular weight is 289 g/mol. The quantitative estimate of drug-likeness (QED) is 0.280. The fourth-order valence-electron chi connectivity index (χ4n) is 1.31. The van der Waals surface area contributed by atoms with Crippen molar-refractivity contribution in [2.75, 3.05) is 0 Å². The van der Waals surface area contributed by atoms with Gasteiger partial charge in [-0.15, -0.1) is 0 Å². The molecule has 0 aliphatic rings. The summed E-state index contributed by atoms with van der Waals surface area (Å²) in [6, 6.07) is 2.29. The smallest absolute Gasteiger partial charge is 0.343 e. The number of aromatic nitrogens is 1. The first-order valence-electron chi connectivity index (χ1n) is 5.07. The molecular weight excluding hydrogens is 285 g/mol. The second kappa shape index (κ2) is 5.24. The van der Waals surface area contributed by atoms with Crippen molar-refractivity contribution in [3.05, 3.63) is 59.2 Å². The molecule has 0 saturated heterocycles. The minimum Gasteiger partial charge on any atom is -0.416 e. The van der Waals surface area contributed by atoms with Gasteiger partial charge in [-0.25, -0.2) is 18.0 Å². The first-order chi connectivity index (χ1) is 9.43. The Kier molecular flexibility index (Phi) is 3.64. The second-order valence-electron chi connectivity index (χ2n) is 3.52. The van der Waals surface area contributed by atoms with Gasteiger partial charge in [0.1, 0.15) is 0 Å². The Morgan fingerprint density at radius 3 is 1.80 bits per heavy atom. The molecule has 0 amide bonds. The largest absolute Gasteiger partial charge is 0.416 e. The summed E-state index contributed by atoms with van der Waals surface area (Å²) >= 11 is 0. The van der Waals surface area contributed by atoms with Gasteiger partial charge < -0.3 is 4.74 Å². The molecule has 2 aromatic rings. The predicted octanol–water partition coefficient (Wildman–Crippen LogP) is 3.00. The number of esters is 1. The third-order valence-corrected chi connectivity index (χ3v) is 2.28. The molecule has 1 aromatic carbocycles. The topological polar surface area (TPSA) is 39.2 Å². The van der Waals surface area contributed by atoms with Gasteiger partial charge in [-0.05, 0) is 12.1 Å². The number of halogens is 5. The zero-order valence-electron chi connectivity index (χ0n) is 9.46. The van der Waals surface area contributed by atoms with Gasteiger partial charge in [0, 0.05) is 12.4 Å². The minimum atomic E-state index is -2.33. The maximum atomic E-state index is 13.3. The Morgan fingerprint density at radius 2 is 1.30 bits per heavy atom. The van der Waals surface area contributed by atoms with Crippen LogP contribution in [0, 0.1) is 29.1 Å². The highest BCUT2D eigenvalue weighted by Gasteiger charge is 2.28. The lowest BCUT2D eigenvalue weighted by molar-refractivity contribution is 0.0716. The Hall–Kier alpha value is -2.51. The third-order valence-electron chi connectivity index (χ3n) is 2.28. The van der Waals surface area contributed by atoms with Gasteiger partial charge in [-0.1, -0.05) is 0 Å². The molecule has 0 N–H and O–H groups in total. The van der Waals surface area contributed by atoms with E-state index in [1.54, 1.807) is 0 Å². The minimum absolute atomic E-state index is 0.163. The molecule has 0 aliphatic carbocycles. The van der Waals surface area contributed by atoms with Gasteiger partial charge in [0.15, 0.2) is 0 Å². The summed E-state index contributed by atoms with van der Waals surface area (Å²) in [7, 11) is 0. The monoisotopic (exact) mass is 289 g/mol. The average Bonchev–Trinajstić information content (AvgIpc) is 2.48. The zero-order chi connectivity index (χ0) is 14.9. The van der Waals surface area contributed by atoms with E-state index >= 15 is 0 Å². The van der Waals surface area contributed by atoms with E-state index in [0.29, 0.717) is 0 Å². The molecule has 2 rings (SSSR count). The Balaban J connectivity index is 2.43. The van der Waals surface area contributed by atoms with Crippen LogP contribution in [0.4, 0.5) is 22.0 Å². The summed E-state index contributed by atoms with van der Waals surface area (Å²) in [5, 5.41) is 0. The highest BCUT2D eigenvalue weighted by atomic mass is 19.2. The van der Waals surface area contributed by atoms with Crippen LogP contribution >= 0.6 is 0 Å². The molecule has 0 radical (unpaired) electrons. The van der Waals surface area contributed by atoms with Crippen molar-refractivity contribution in [3.63, 3.8) is 0 Å². The molecule has 1 heterocycles. The maximum absolute atomic E-state index is 13.3. The van der Waals surface area contributed by atoms with Crippen molar-refractivity contribution in [2.45, 2.75) is 0 Å². The molecule has 0 unspecified atom stereocenters. The maximum Gasteiger partial charge on any atom is 0.343 e. The standard InChI is InChI=1S/C12H4F5NO2/c13-6-7(14)9(16)11(10(17)8(6)15)20-12(19)5-1-3-18-4-2-5/h1-4H. The van der Waals surface area contributed by atoms with Crippen molar-refractivity contribution < 1.29 is 31.5 Å². The van der Waals surface area contributed by atoms with Gasteiger partial charge in [-0.2, -0.15) is 8.78 Å². The second-order valence-corrected chi connectivity index (χ2v) is 3.52. The Morgan fingerprint density at radius 1 is 0.850 bits per heavy atom. The fraction of sp³-hybridized carbons (Fsp3) is 0. The summed E-state index contributed by atoms with van der Waals surface area (Å²) in [6.45, 7) is 0. The van der Waals surface area contributed by atoms with E-state index in [9.17, 15) is 26.7 Å². The van der Waals surface area contributed by atoms with Crippen LogP contribution in [0.3, 0.4) is 0 Å². The number of hydrogen-bond donors (Lipinski definition) is 0. The number of nitrogens with zero attached hydrogens (tertiary/aromatic N) is 1. The number of rotatable bonds is 2. The number of ether oxygens (including phenoxy) is 1. The summed E-state index contributed by atoms with van der Waals surface area (Å²) in [5.41, 5.74) is -0.163. The van der Waals surface area contributed by atoms with Crippen LogP contribution in [0.25, 0.3) is 0 Å². The van der Waals surface area contributed by atoms with Crippen molar-refractivity contribution >= 4 is 5.97 Å². The molecule has 0 atom stereocenters. The van der Waals surface area contributed by atoms with Crippen LogP contribution < -0.4 is 4.74 Å². The number of carbonyl (C=O) groups is 1. The van der Waals surface area contributed by atoms with E-state index in [2.05, 4.69) is 9.72 Å². The summed E-state index contributed by atoms with van der Waals surface area (Å²) in [4.78, 5) is 15.1. The predicted molar refractivity (Wildman–Crippen MR) is 55.4 cm³/mol. The first-order valence-corrected chi connectivity index (χ1v) is 5.07. The van der Waals surface area contributed by atoms with E-state index in [-0.39, 0.29) is 5.56 Å². The molecule has 0 spiro atoms. The molecule has 1 aromatic heterocycles. The SMILES string of the molecule is O=C(Oc1c(F)c(F)c(F)c(F)c1F)c1ccncc1. The molecule has 3 nitrogen and oxygen atoms in total. The summed E-state index contributed by atoms with van der Waals surface area (Å²) in [6.07, 6.45) is 2.38. The van der Waals surface area contributed by atoms with Gasteiger partial charge in [0.2, 0.25) is 34.8 Å². The highest BCUT2D eigenvalue weighted by molar-refractivity contribution is 5.90. The molecule has 8 heteroatoms. The van der Waals surface area contributed by atoms with Crippen LogP contribution in [-0.4, -0.2) is 11.0 Å². The third kappa shape index (κ3) is 2.31. The van der Waals surface area contributed by atoms with Crippen molar-refractivity contribution in [1.82, 2.24) is 4.98 Å². The number of pyridine rings is 1. The zero-order valence-corrected chi connectivity index (χ0v) is 9.46. The molecule has 20 heavy (non-hydrogen) atoms. The van der Waals surface area contributed by atoms with E-state index in [4.69, 9.17) is 0 Å². The molecule has 104 valence electrons. The van der Waals surface area contributed by atoms with Gasteiger partial charge in [-0.3, -0.25) is 4.98 Å². The van der Waals surface area contributed by atoms with E-state index in [1.165, 1.54) is 12.4 Å². The number of carbonyl (C=O) groups excluding carboxylic acids is 1. The van der Waals surface area contributed by atoms with Crippen molar-refractivity contribution in [1.29, 1.82) is 0 Å². The van der Waals surface area contributed by atoms with Crippen molar-refractivity contribution in [3.8, 4) is 5.75 Å². The van der Waals surface area contributed by atoms with Crippen LogP contribution in [0.1, 0.15) is 10.4 Å². The Labute approximate surface area is 108 Å². The molecule has 0 aliphatic heterocycles. The lowest BCUT2D eigenvalue weighted by atomic mass is 10.2. The lowest BCUT2D eigenvalue weighted by Gasteiger charge is -2.08. The first kappa shape index (κ1) is 13.9. The molecular formula is C12H4F5NO2. The lowest BCUT2D eigenvalue weighted by Crippen LogP contribution is -2.13.